The van der Waals surface area contributed by atoms with Crippen LogP contribution in [0.2, 0.25) is 5.02 Å². The van der Waals surface area contributed by atoms with Gasteiger partial charge in [-0.15, -0.1) is 0 Å². The van der Waals surface area contributed by atoms with Crippen LogP contribution in [0.3, 0.4) is 0 Å². The number of carbonyl (C=O) groups excluding carboxylic acids is 1. The fourth-order valence-corrected chi connectivity index (χ4v) is 6.31. The fourth-order valence-electron chi connectivity index (χ4n) is 5.15. The second-order valence-electron chi connectivity index (χ2n) is 10.2. The Morgan fingerprint density at radius 1 is 1.10 bits per heavy atom. The molecular weight excluding hydrogens is 558 g/mol. The Morgan fingerprint density at radius 2 is 1.78 bits per heavy atom. The molecule has 2 aromatic carbocycles. The van der Waals surface area contributed by atoms with E-state index in [1.807, 2.05) is 75.4 Å². The molecule has 0 bridgehead atoms. The summed E-state index contributed by atoms with van der Waals surface area (Å²) in [5, 5.41) is 0.673. The van der Waals surface area contributed by atoms with Crippen molar-refractivity contribution < 1.29 is 14.3 Å². The molecule has 0 saturated heterocycles. The number of hydrogen-bond acceptors (Lipinski definition) is 6. The van der Waals surface area contributed by atoms with Crippen LogP contribution in [0.15, 0.2) is 75.7 Å². The zero-order valence-corrected chi connectivity index (χ0v) is 25.5. The van der Waals surface area contributed by atoms with Crippen molar-refractivity contribution in [1.82, 2.24) is 9.13 Å². The van der Waals surface area contributed by atoms with Crippen molar-refractivity contribution in [1.29, 1.82) is 0 Å². The average Bonchev–Trinajstić information content (AvgIpc) is 3.38. The van der Waals surface area contributed by atoms with E-state index in [1.54, 1.807) is 25.3 Å². The van der Waals surface area contributed by atoms with Crippen LogP contribution in [0.1, 0.15) is 56.3 Å². The maximum Gasteiger partial charge on any atom is 0.338 e. The van der Waals surface area contributed by atoms with E-state index >= 15 is 0 Å². The van der Waals surface area contributed by atoms with Crippen LogP contribution in [0.5, 0.6) is 5.75 Å². The third kappa shape index (κ3) is 5.54. The van der Waals surface area contributed by atoms with Crippen molar-refractivity contribution in [2.75, 3.05) is 6.61 Å². The van der Waals surface area contributed by atoms with Crippen molar-refractivity contribution in [3.63, 3.8) is 0 Å². The Hall–Kier alpha value is -3.88. The Labute approximate surface area is 247 Å². The summed E-state index contributed by atoms with van der Waals surface area (Å²) in [4.78, 5) is 32.6. The highest BCUT2D eigenvalue weighted by molar-refractivity contribution is 7.07. The summed E-state index contributed by atoms with van der Waals surface area (Å²) < 4.78 is 15.5. The molecule has 0 spiro atoms. The van der Waals surface area contributed by atoms with Gasteiger partial charge in [-0.1, -0.05) is 35.1 Å². The number of hydrogen-bond donors (Lipinski definition) is 0. The van der Waals surface area contributed by atoms with Crippen molar-refractivity contribution in [2.24, 2.45) is 4.99 Å². The highest BCUT2D eigenvalue weighted by Crippen LogP contribution is 2.32. The third-order valence-electron chi connectivity index (χ3n) is 6.93. The van der Waals surface area contributed by atoms with Crippen molar-refractivity contribution in [3.05, 3.63) is 113 Å². The lowest BCUT2D eigenvalue weighted by atomic mass is 9.96. The van der Waals surface area contributed by atoms with Crippen LogP contribution in [-0.2, 0) is 9.53 Å². The van der Waals surface area contributed by atoms with Crippen LogP contribution in [0.4, 0.5) is 0 Å². The quantitative estimate of drug-likeness (QED) is 0.261. The molecule has 0 saturated carbocycles. The van der Waals surface area contributed by atoms with E-state index in [0.29, 0.717) is 38.0 Å². The van der Waals surface area contributed by atoms with E-state index in [2.05, 4.69) is 10.6 Å². The van der Waals surface area contributed by atoms with Crippen LogP contribution < -0.4 is 19.6 Å². The number of aromatic nitrogens is 2. The lowest BCUT2D eigenvalue weighted by molar-refractivity contribution is -0.143. The van der Waals surface area contributed by atoms with Gasteiger partial charge in [-0.2, -0.15) is 0 Å². The van der Waals surface area contributed by atoms with Gasteiger partial charge in [-0.25, -0.2) is 9.79 Å². The molecule has 1 aliphatic rings. The number of halogens is 1. The molecule has 5 rings (SSSR count). The number of fused-ring (bicyclic) bond motifs is 1. The minimum Gasteiger partial charge on any atom is -0.494 e. The maximum atomic E-state index is 14.0. The van der Waals surface area contributed by atoms with E-state index in [4.69, 9.17) is 26.1 Å². The standard InChI is InChI=1S/C32H32ClN3O4S/c1-7-39-26-14-8-22(9-15-26)29-28(31(38)40-18(2)3)20(5)34-32-36(29)30(37)27(41-32)17-23-16-19(4)35(21(23)6)25-12-10-24(33)11-13-25/h8-18,29H,7H2,1-6H3/b27-17+/t29-/m0/s1. The number of ether oxygens (including phenoxy) is 2. The summed E-state index contributed by atoms with van der Waals surface area (Å²) in [6.07, 6.45) is 1.59. The summed E-state index contributed by atoms with van der Waals surface area (Å²) in [6, 6.07) is 16.5. The summed E-state index contributed by atoms with van der Waals surface area (Å²) in [7, 11) is 0. The second-order valence-corrected chi connectivity index (χ2v) is 11.6. The molecule has 41 heavy (non-hydrogen) atoms. The van der Waals surface area contributed by atoms with Gasteiger partial charge in [0.2, 0.25) is 0 Å². The van der Waals surface area contributed by atoms with Gasteiger partial charge < -0.3 is 14.0 Å². The molecule has 4 aromatic rings. The van der Waals surface area contributed by atoms with Crippen LogP contribution in [0.25, 0.3) is 11.8 Å². The van der Waals surface area contributed by atoms with Gasteiger partial charge in [-0.3, -0.25) is 9.36 Å². The Balaban J connectivity index is 1.66. The molecule has 1 atom stereocenters. The van der Waals surface area contributed by atoms with E-state index in [1.165, 1.54) is 11.3 Å². The lowest BCUT2D eigenvalue weighted by Gasteiger charge is -2.25. The van der Waals surface area contributed by atoms with Gasteiger partial charge in [0.15, 0.2) is 4.80 Å². The summed E-state index contributed by atoms with van der Waals surface area (Å²) >= 11 is 7.41. The monoisotopic (exact) mass is 589 g/mol. The smallest absolute Gasteiger partial charge is 0.338 e. The highest BCUT2D eigenvalue weighted by Gasteiger charge is 2.33. The summed E-state index contributed by atoms with van der Waals surface area (Å²) in [5.74, 6) is 0.229. The molecule has 0 radical (unpaired) electrons. The first-order valence-corrected chi connectivity index (χ1v) is 14.7. The van der Waals surface area contributed by atoms with Gasteiger partial charge >= 0.3 is 5.97 Å². The predicted octanol–water partition coefficient (Wildman–Crippen LogP) is 5.65. The Morgan fingerprint density at radius 3 is 2.41 bits per heavy atom. The summed E-state index contributed by atoms with van der Waals surface area (Å²) in [5.41, 5.74) is 5.38. The van der Waals surface area contributed by atoms with E-state index < -0.39 is 12.0 Å². The lowest BCUT2D eigenvalue weighted by Crippen LogP contribution is -2.40. The molecule has 3 heterocycles. The first kappa shape index (κ1) is 28.6. The molecule has 0 N–H and O–H groups in total. The molecule has 2 aromatic heterocycles. The van der Waals surface area contributed by atoms with Gasteiger partial charge in [-0.05, 0) is 101 Å². The normalized spacial score (nSPS) is 15.2. The number of aryl methyl sites for hydroxylation is 1. The number of allylic oxidation sites excluding steroid dienone is 1. The number of nitrogens with zero attached hydrogens (tertiary/aromatic N) is 3. The van der Waals surface area contributed by atoms with E-state index in [0.717, 1.165) is 28.2 Å². The Bertz CT molecular complexity index is 1830. The van der Waals surface area contributed by atoms with Gasteiger partial charge in [0, 0.05) is 22.1 Å². The molecule has 0 unspecified atom stereocenters. The molecule has 1 aliphatic heterocycles. The zero-order valence-electron chi connectivity index (χ0n) is 23.9. The average molecular weight is 590 g/mol. The Kier molecular flexibility index (Phi) is 8.07. The molecule has 9 heteroatoms. The predicted molar refractivity (Wildman–Crippen MR) is 163 cm³/mol. The van der Waals surface area contributed by atoms with Crippen molar-refractivity contribution in [2.45, 2.75) is 53.7 Å². The van der Waals surface area contributed by atoms with E-state index in [9.17, 15) is 9.59 Å². The molecule has 0 amide bonds. The number of benzene rings is 2. The molecule has 0 fully saturated rings. The van der Waals surface area contributed by atoms with E-state index in [-0.39, 0.29) is 11.7 Å². The minimum absolute atomic E-state index is 0.216. The molecule has 7 nitrogen and oxygen atoms in total. The number of rotatable bonds is 7. The van der Waals surface area contributed by atoms with Crippen LogP contribution in [-0.4, -0.2) is 27.8 Å². The number of thiazole rings is 1. The first-order valence-electron chi connectivity index (χ1n) is 13.5. The largest absolute Gasteiger partial charge is 0.494 e. The molecule has 0 aliphatic carbocycles. The van der Waals surface area contributed by atoms with Crippen molar-refractivity contribution >= 4 is 35.0 Å². The minimum atomic E-state index is -0.683. The highest BCUT2D eigenvalue weighted by atomic mass is 35.5. The third-order valence-corrected chi connectivity index (χ3v) is 8.17. The van der Waals surface area contributed by atoms with Crippen LogP contribution in [0, 0.1) is 13.8 Å². The van der Waals surface area contributed by atoms with Gasteiger partial charge in [0.1, 0.15) is 5.75 Å². The van der Waals surface area contributed by atoms with Gasteiger partial charge in [0.05, 0.1) is 34.6 Å². The summed E-state index contributed by atoms with van der Waals surface area (Å²) in [6.45, 7) is 11.9. The number of esters is 1. The zero-order chi connectivity index (χ0) is 29.4. The fraction of sp³-hybridized carbons (Fsp3) is 0.281. The number of carbonyl (C=O) groups is 1. The van der Waals surface area contributed by atoms with Gasteiger partial charge in [0.25, 0.3) is 5.56 Å². The second kappa shape index (κ2) is 11.5. The topological polar surface area (TPSA) is 74.8 Å². The first-order chi connectivity index (χ1) is 19.6. The maximum absolute atomic E-state index is 14.0. The molecule has 212 valence electrons. The molecular formula is C32H32ClN3O4S. The van der Waals surface area contributed by atoms with Crippen molar-refractivity contribution in [3.8, 4) is 11.4 Å². The van der Waals surface area contributed by atoms with Crippen LogP contribution >= 0.6 is 22.9 Å². The SMILES string of the molecule is CCOc1ccc([C@H]2C(C(=O)OC(C)C)=C(C)N=c3s/c(=C/c4cc(C)n(-c5ccc(Cl)cc5)c4C)c(=O)n32)cc1.